The average Bonchev–Trinajstić information content (AvgIpc) is 2.61. The van der Waals surface area contributed by atoms with E-state index < -0.39 is 0 Å². The van der Waals surface area contributed by atoms with Gasteiger partial charge in [0.1, 0.15) is 0 Å². The van der Waals surface area contributed by atoms with Gasteiger partial charge in [0.15, 0.2) is 0 Å². The van der Waals surface area contributed by atoms with Crippen molar-refractivity contribution >= 4 is 11.6 Å². The molecule has 1 aliphatic carbocycles. The molecule has 3 rings (SSSR count). The van der Waals surface area contributed by atoms with E-state index in [-0.39, 0.29) is 0 Å². The van der Waals surface area contributed by atoms with Gasteiger partial charge in [0.05, 0.1) is 0 Å². The van der Waals surface area contributed by atoms with Crippen LogP contribution in [-0.2, 0) is 0 Å². The molecule has 0 spiro atoms. The minimum absolute atomic E-state index is 0.737. The van der Waals surface area contributed by atoms with Crippen molar-refractivity contribution in [3.63, 3.8) is 0 Å². The number of halogens is 1. The van der Waals surface area contributed by atoms with Crippen molar-refractivity contribution in [2.24, 2.45) is 5.92 Å². The third kappa shape index (κ3) is 4.26. The van der Waals surface area contributed by atoms with E-state index in [4.69, 9.17) is 11.6 Å². The zero-order valence-corrected chi connectivity index (χ0v) is 14.6. The zero-order valence-electron chi connectivity index (χ0n) is 13.8. The Morgan fingerprint density at radius 1 is 0.870 bits per heavy atom. The van der Waals surface area contributed by atoms with Crippen LogP contribution in [-0.4, -0.2) is 0 Å². The quantitative estimate of drug-likeness (QED) is 0.519. The fraction of sp³-hybridized carbons (Fsp3) is 0.364. The molecule has 0 heterocycles. The summed E-state index contributed by atoms with van der Waals surface area (Å²) in [5.41, 5.74) is 4.00. The van der Waals surface area contributed by atoms with Crippen LogP contribution in [0.4, 0.5) is 0 Å². The summed E-state index contributed by atoms with van der Waals surface area (Å²) >= 11 is 5.96. The molecular weight excluding hydrogens is 300 g/mol. The molecule has 2 aromatic rings. The Kier molecular flexibility index (Phi) is 5.56. The van der Waals surface area contributed by atoms with Gasteiger partial charge in [-0.05, 0) is 72.8 Å². The number of allylic oxidation sites excluding steroid dienone is 2. The lowest BCUT2D eigenvalue weighted by atomic mass is 9.78. The highest BCUT2D eigenvalue weighted by Gasteiger charge is 2.20. The molecule has 0 atom stereocenters. The molecule has 23 heavy (non-hydrogen) atoms. The van der Waals surface area contributed by atoms with Gasteiger partial charge < -0.3 is 0 Å². The summed E-state index contributed by atoms with van der Waals surface area (Å²) in [6, 6.07) is 17.2. The maximum absolute atomic E-state index is 5.96. The van der Waals surface area contributed by atoms with Gasteiger partial charge in [-0.1, -0.05) is 67.1 Å². The molecule has 1 fully saturated rings. The van der Waals surface area contributed by atoms with Crippen molar-refractivity contribution in [1.82, 2.24) is 0 Å². The van der Waals surface area contributed by atoms with Crippen molar-refractivity contribution in [1.29, 1.82) is 0 Å². The van der Waals surface area contributed by atoms with Crippen LogP contribution >= 0.6 is 11.6 Å². The first-order chi connectivity index (χ1) is 11.3. The fourth-order valence-corrected chi connectivity index (χ4v) is 3.69. The minimum atomic E-state index is 0.737. The predicted octanol–water partition coefficient (Wildman–Crippen LogP) is 7.25. The third-order valence-electron chi connectivity index (χ3n) is 4.98. The lowest BCUT2D eigenvalue weighted by Crippen LogP contribution is -2.11. The molecule has 0 aliphatic heterocycles. The monoisotopic (exact) mass is 324 g/mol. The Morgan fingerprint density at radius 3 is 2.00 bits per heavy atom. The van der Waals surface area contributed by atoms with Gasteiger partial charge in [-0.3, -0.25) is 0 Å². The van der Waals surface area contributed by atoms with E-state index in [2.05, 4.69) is 55.5 Å². The highest BCUT2D eigenvalue weighted by atomic mass is 35.5. The Morgan fingerprint density at radius 2 is 1.43 bits per heavy atom. The van der Waals surface area contributed by atoms with Crippen LogP contribution in [0.15, 0.2) is 60.7 Å². The van der Waals surface area contributed by atoms with Crippen LogP contribution in [0.2, 0.25) is 5.02 Å². The van der Waals surface area contributed by atoms with E-state index in [0.717, 1.165) is 23.3 Å². The summed E-state index contributed by atoms with van der Waals surface area (Å²) in [6.07, 6.45) is 11.2. The van der Waals surface area contributed by atoms with Gasteiger partial charge in [-0.2, -0.15) is 0 Å². The van der Waals surface area contributed by atoms with E-state index in [0.29, 0.717) is 0 Å². The Balaban J connectivity index is 1.64. The van der Waals surface area contributed by atoms with Crippen LogP contribution in [0.1, 0.15) is 50.5 Å². The van der Waals surface area contributed by atoms with E-state index >= 15 is 0 Å². The van der Waals surface area contributed by atoms with Crippen molar-refractivity contribution in [2.75, 3.05) is 0 Å². The van der Waals surface area contributed by atoms with Crippen molar-refractivity contribution < 1.29 is 0 Å². The normalized spacial score (nSPS) is 21.7. The Bertz CT molecular complexity index is 629. The molecule has 1 heteroatoms. The first-order valence-corrected chi connectivity index (χ1v) is 9.16. The molecule has 0 saturated heterocycles. The lowest BCUT2D eigenvalue weighted by molar-refractivity contribution is 0.375. The van der Waals surface area contributed by atoms with Gasteiger partial charge in [-0.15, -0.1) is 0 Å². The number of hydrogen-bond acceptors (Lipinski definition) is 0. The molecule has 0 unspecified atom stereocenters. The van der Waals surface area contributed by atoms with E-state index in [1.54, 1.807) is 0 Å². The summed E-state index contributed by atoms with van der Waals surface area (Å²) in [5, 5.41) is 0.791. The molecule has 1 aliphatic rings. The van der Waals surface area contributed by atoms with E-state index in [1.807, 2.05) is 12.1 Å². The Labute approximate surface area is 145 Å². The highest BCUT2D eigenvalue weighted by Crippen LogP contribution is 2.37. The maximum Gasteiger partial charge on any atom is 0.0406 e. The first kappa shape index (κ1) is 16.3. The first-order valence-electron chi connectivity index (χ1n) is 8.79. The third-order valence-corrected chi connectivity index (χ3v) is 5.23. The van der Waals surface area contributed by atoms with Crippen LogP contribution in [0.5, 0.6) is 0 Å². The second-order valence-electron chi connectivity index (χ2n) is 6.58. The SMILES string of the molecule is CC/C=C/C1CCC(c2ccc(-c3ccc(Cl)cc3)cc2)CC1. The highest BCUT2D eigenvalue weighted by molar-refractivity contribution is 6.30. The van der Waals surface area contributed by atoms with Gasteiger partial charge >= 0.3 is 0 Å². The fourth-order valence-electron chi connectivity index (χ4n) is 3.56. The van der Waals surface area contributed by atoms with Crippen molar-refractivity contribution in [2.45, 2.75) is 44.9 Å². The van der Waals surface area contributed by atoms with Gasteiger partial charge in [0.25, 0.3) is 0 Å². The molecule has 0 bridgehead atoms. The molecule has 0 amide bonds. The molecule has 2 aromatic carbocycles. The second-order valence-corrected chi connectivity index (χ2v) is 7.01. The minimum Gasteiger partial charge on any atom is -0.0885 e. The molecule has 0 nitrogen and oxygen atoms in total. The number of rotatable bonds is 4. The number of benzene rings is 2. The molecular formula is C22H25Cl. The van der Waals surface area contributed by atoms with E-state index in [1.165, 1.54) is 42.4 Å². The van der Waals surface area contributed by atoms with Crippen LogP contribution < -0.4 is 0 Å². The molecule has 0 N–H and O–H groups in total. The van der Waals surface area contributed by atoms with Crippen molar-refractivity contribution in [3.8, 4) is 11.1 Å². The summed E-state index contributed by atoms with van der Waals surface area (Å²) in [5.74, 6) is 1.54. The molecule has 120 valence electrons. The second kappa shape index (κ2) is 7.84. The van der Waals surface area contributed by atoms with Crippen LogP contribution in [0.25, 0.3) is 11.1 Å². The smallest absolute Gasteiger partial charge is 0.0406 e. The lowest BCUT2D eigenvalue weighted by Gasteiger charge is -2.27. The summed E-state index contributed by atoms with van der Waals surface area (Å²) in [7, 11) is 0. The van der Waals surface area contributed by atoms with Gasteiger partial charge in [0.2, 0.25) is 0 Å². The zero-order chi connectivity index (χ0) is 16.1. The van der Waals surface area contributed by atoms with Crippen molar-refractivity contribution in [3.05, 3.63) is 71.3 Å². The maximum atomic E-state index is 5.96. The largest absolute Gasteiger partial charge is 0.0885 e. The number of hydrogen-bond donors (Lipinski definition) is 0. The predicted molar refractivity (Wildman–Crippen MR) is 101 cm³/mol. The van der Waals surface area contributed by atoms with E-state index in [9.17, 15) is 0 Å². The van der Waals surface area contributed by atoms with Gasteiger partial charge in [-0.25, -0.2) is 0 Å². The Hall–Kier alpha value is -1.53. The van der Waals surface area contributed by atoms with Crippen LogP contribution in [0, 0.1) is 5.92 Å². The summed E-state index contributed by atoms with van der Waals surface area (Å²) in [4.78, 5) is 0. The molecule has 1 saturated carbocycles. The standard InChI is InChI=1S/C22H25Cl/c1-2-3-4-17-5-7-18(8-6-17)19-9-11-20(12-10-19)21-13-15-22(23)16-14-21/h3-4,9-18H,2,5-8H2,1H3/b4-3+. The summed E-state index contributed by atoms with van der Waals surface area (Å²) in [6.45, 7) is 2.21. The average molecular weight is 325 g/mol. The molecule has 0 radical (unpaired) electrons. The molecule has 0 aromatic heterocycles. The summed E-state index contributed by atoms with van der Waals surface area (Å²) < 4.78 is 0. The van der Waals surface area contributed by atoms with Gasteiger partial charge in [0, 0.05) is 5.02 Å². The van der Waals surface area contributed by atoms with Crippen LogP contribution in [0.3, 0.4) is 0 Å². The topological polar surface area (TPSA) is 0 Å².